The van der Waals surface area contributed by atoms with Crippen molar-refractivity contribution in [1.29, 1.82) is 0 Å². The molecule has 2 rings (SSSR count). The van der Waals surface area contributed by atoms with Gasteiger partial charge in [-0.3, -0.25) is 16.3 Å². The summed E-state index contributed by atoms with van der Waals surface area (Å²) in [5.41, 5.74) is 5.30. The van der Waals surface area contributed by atoms with Crippen molar-refractivity contribution < 1.29 is 4.39 Å². The number of halogens is 2. The van der Waals surface area contributed by atoms with Crippen LogP contribution in [0.4, 0.5) is 4.39 Å². The molecule has 1 aromatic heterocycles. The summed E-state index contributed by atoms with van der Waals surface area (Å²) in [4.78, 5) is 4.40. The number of nitrogens with zero attached hydrogens (tertiary/aromatic N) is 1. The smallest absolute Gasteiger partial charge is 0.127 e. The van der Waals surface area contributed by atoms with Crippen molar-refractivity contribution in [2.75, 3.05) is 0 Å². The van der Waals surface area contributed by atoms with E-state index in [-0.39, 0.29) is 11.9 Å². The van der Waals surface area contributed by atoms with E-state index in [9.17, 15) is 4.39 Å². The van der Waals surface area contributed by atoms with Gasteiger partial charge in [0, 0.05) is 34.9 Å². The fourth-order valence-electron chi connectivity index (χ4n) is 2.20. The first-order valence-corrected chi connectivity index (χ1v) is 7.34. The van der Waals surface area contributed by atoms with Crippen LogP contribution in [0.5, 0.6) is 0 Å². The Morgan fingerprint density at radius 1 is 1.29 bits per heavy atom. The van der Waals surface area contributed by atoms with Gasteiger partial charge in [0.1, 0.15) is 5.82 Å². The molecule has 0 aliphatic rings. The van der Waals surface area contributed by atoms with Crippen LogP contribution < -0.4 is 11.3 Å². The van der Waals surface area contributed by atoms with Crippen LogP contribution in [-0.4, -0.2) is 11.0 Å². The molecule has 0 saturated carbocycles. The predicted octanol–water partition coefficient (Wildman–Crippen LogP) is 3.05. The van der Waals surface area contributed by atoms with Crippen molar-refractivity contribution in [2.45, 2.75) is 32.2 Å². The summed E-state index contributed by atoms with van der Waals surface area (Å²) in [6.07, 6.45) is 3.85. The lowest BCUT2D eigenvalue weighted by Crippen LogP contribution is -2.39. The molecule has 0 amide bonds. The Bertz CT molecular complexity index is 566. The van der Waals surface area contributed by atoms with E-state index in [4.69, 9.17) is 17.4 Å². The molecule has 3 N–H and O–H groups in total. The van der Waals surface area contributed by atoms with Crippen LogP contribution in [0.2, 0.25) is 5.02 Å². The number of hydrogen-bond acceptors (Lipinski definition) is 3. The number of aromatic nitrogens is 1. The van der Waals surface area contributed by atoms with Gasteiger partial charge in [0.2, 0.25) is 0 Å². The molecule has 1 heterocycles. The number of hydrogen-bond donors (Lipinski definition) is 2. The van der Waals surface area contributed by atoms with Gasteiger partial charge in [0.25, 0.3) is 0 Å². The average molecular weight is 308 g/mol. The number of benzene rings is 1. The summed E-state index contributed by atoms with van der Waals surface area (Å²) in [6.45, 7) is 2.08. The highest BCUT2D eigenvalue weighted by molar-refractivity contribution is 6.31. The number of rotatable bonds is 6. The Kier molecular flexibility index (Phi) is 5.67. The third-order valence-corrected chi connectivity index (χ3v) is 3.85. The van der Waals surface area contributed by atoms with E-state index in [0.717, 1.165) is 12.1 Å². The highest BCUT2D eigenvalue weighted by atomic mass is 35.5. The van der Waals surface area contributed by atoms with Crippen molar-refractivity contribution >= 4 is 11.6 Å². The third-order valence-electron chi connectivity index (χ3n) is 3.50. The molecule has 1 unspecified atom stereocenters. The van der Waals surface area contributed by atoms with Crippen molar-refractivity contribution in [1.82, 2.24) is 10.4 Å². The zero-order valence-corrected chi connectivity index (χ0v) is 12.7. The van der Waals surface area contributed by atoms with Gasteiger partial charge < -0.3 is 0 Å². The minimum Gasteiger partial charge on any atom is -0.271 e. The molecule has 0 bridgehead atoms. The monoisotopic (exact) mass is 307 g/mol. The Balaban J connectivity index is 2.09. The minimum absolute atomic E-state index is 0.126. The van der Waals surface area contributed by atoms with Crippen LogP contribution in [0.15, 0.2) is 36.5 Å². The Morgan fingerprint density at radius 3 is 2.67 bits per heavy atom. The fourth-order valence-corrected chi connectivity index (χ4v) is 2.44. The van der Waals surface area contributed by atoms with E-state index in [1.165, 1.54) is 11.6 Å². The average Bonchev–Trinajstić information content (AvgIpc) is 2.50. The summed E-state index contributed by atoms with van der Waals surface area (Å²) in [6, 6.07) is 8.58. The lowest BCUT2D eigenvalue weighted by molar-refractivity contribution is 0.502. The number of pyridine rings is 1. The van der Waals surface area contributed by atoms with Crippen molar-refractivity contribution in [3.05, 3.63) is 64.2 Å². The van der Waals surface area contributed by atoms with Gasteiger partial charge in [-0.15, -0.1) is 0 Å². The molecule has 0 radical (unpaired) electrons. The number of aryl methyl sites for hydroxylation is 1. The van der Waals surface area contributed by atoms with Crippen LogP contribution in [0.25, 0.3) is 0 Å². The largest absolute Gasteiger partial charge is 0.271 e. The van der Waals surface area contributed by atoms with E-state index in [1.54, 1.807) is 12.1 Å². The molecule has 2 aromatic rings. The van der Waals surface area contributed by atoms with E-state index in [0.29, 0.717) is 23.4 Å². The second-order valence-corrected chi connectivity index (χ2v) is 5.39. The van der Waals surface area contributed by atoms with Gasteiger partial charge in [0.15, 0.2) is 0 Å². The summed E-state index contributed by atoms with van der Waals surface area (Å²) >= 11 is 6.05. The molecule has 1 atom stereocenters. The van der Waals surface area contributed by atoms with Crippen molar-refractivity contribution in [3.63, 3.8) is 0 Å². The van der Waals surface area contributed by atoms with E-state index in [1.807, 2.05) is 18.3 Å². The zero-order chi connectivity index (χ0) is 15.2. The summed E-state index contributed by atoms with van der Waals surface area (Å²) in [5.74, 6) is 5.27. The van der Waals surface area contributed by atoms with Crippen molar-refractivity contribution in [2.24, 2.45) is 5.84 Å². The first-order valence-electron chi connectivity index (χ1n) is 6.96. The molecule has 0 aliphatic carbocycles. The van der Waals surface area contributed by atoms with Gasteiger partial charge in [-0.05, 0) is 36.6 Å². The van der Waals surface area contributed by atoms with Gasteiger partial charge in [-0.1, -0.05) is 30.7 Å². The predicted molar refractivity (Wildman–Crippen MR) is 83.5 cm³/mol. The van der Waals surface area contributed by atoms with E-state index in [2.05, 4.69) is 17.3 Å². The number of nitrogens with two attached hydrogens (primary N) is 1. The van der Waals surface area contributed by atoms with E-state index < -0.39 is 0 Å². The van der Waals surface area contributed by atoms with Crippen LogP contribution in [0.3, 0.4) is 0 Å². The second kappa shape index (κ2) is 7.50. The molecule has 3 nitrogen and oxygen atoms in total. The molecular weight excluding hydrogens is 289 g/mol. The molecule has 0 saturated heterocycles. The maximum atomic E-state index is 13.8. The summed E-state index contributed by atoms with van der Waals surface area (Å²) in [5, 5.41) is 0.421. The quantitative estimate of drug-likeness (QED) is 0.637. The normalized spacial score (nSPS) is 12.4. The Hall–Kier alpha value is -1.49. The zero-order valence-electron chi connectivity index (χ0n) is 11.9. The van der Waals surface area contributed by atoms with Crippen LogP contribution in [-0.2, 0) is 19.3 Å². The molecule has 112 valence electrons. The van der Waals surface area contributed by atoms with Crippen LogP contribution in [0, 0.1) is 5.82 Å². The molecule has 0 fully saturated rings. The topological polar surface area (TPSA) is 50.9 Å². The summed E-state index contributed by atoms with van der Waals surface area (Å²) < 4.78 is 13.8. The first-order chi connectivity index (χ1) is 10.1. The Labute approximate surface area is 129 Å². The first kappa shape index (κ1) is 15.9. The van der Waals surface area contributed by atoms with Gasteiger partial charge in [-0.25, -0.2) is 4.39 Å². The SMILES string of the molecule is CCc1ccc(CC(Cc2c(F)cccc2Cl)NN)nc1. The van der Waals surface area contributed by atoms with Gasteiger partial charge >= 0.3 is 0 Å². The van der Waals surface area contributed by atoms with Crippen LogP contribution in [0.1, 0.15) is 23.7 Å². The van der Waals surface area contributed by atoms with Crippen molar-refractivity contribution in [3.8, 4) is 0 Å². The van der Waals surface area contributed by atoms with Gasteiger partial charge in [-0.2, -0.15) is 0 Å². The number of hydrazine groups is 1. The lowest BCUT2D eigenvalue weighted by Gasteiger charge is -2.17. The second-order valence-electron chi connectivity index (χ2n) is 4.98. The fraction of sp³-hybridized carbons (Fsp3) is 0.312. The molecule has 21 heavy (non-hydrogen) atoms. The standard InChI is InChI=1S/C16H19ClFN3/c1-2-11-6-7-12(20-10-11)8-13(21-19)9-14-15(17)4-3-5-16(14)18/h3-7,10,13,21H,2,8-9,19H2,1H3. The minimum atomic E-state index is -0.308. The molecule has 0 aliphatic heterocycles. The number of nitrogens with one attached hydrogen (secondary N) is 1. The highest BCUT2D eigenvalue weighted by Crippen LogP contribution is 2.21. The maximum Gasteiger partial charge on any atom is 0.127 e. The highest BCUT2D eigenvalue weighted by Gasteiger charge is 2.15. The third kappa shape index (κ3) is 4.24. The maximum absolute atomic E-state index is 13.8. The molecule has 0 spiro atoms. The lowest BCUT2D eigenvalue weighted by atomic mass is 10.0. The molecular formula is C16H19ClFN3. The van der Waals surface area contributed by atoms with Crippen LogP contribution >= 0.6 is 11.6 Å². The van der Waals surface area contributed by atoms with Gasteiger partial charge in [0.05, 0.1) is 0 Å². The Morgan fingerprint density at radius 2 is 2.10 bits per heavy atom. The molecule has 5 heteroatoms. The molecule has 1 aromatic carbocycles. The van der Waals surface area contributed by atoms with E-state index >= 15 is 0 Å². The summed E-state index contributed by atoms with van der Waals surface area (Å²) in [7, 11) is 0.